The van der Waals surface area contributed by atoms with Gasteiger partial charge in [0.15, 0.2) is 0 Å². The van der Waals surface area contributed by atoms with Crippen molar-refractivity contribution in [2.75, 3.05) is 13.1 Å². The average Bonchev–Trinajstić information content (AvgIpc) is 2.82. The number of piperidine rings is 1. The van der Waals surface area contributed by atoms with E-state index in [-0.39, 0.29) is 6.09 Å². The summed E-state index contributed by atoms with van der Waals surface area (Å²) in [5.74, 6) is 0.827. The molecule has 1 aliphatic carbocycles. The van der Waals surface area contributed by atoms with Crippen LogP contribution in [0.25, 0.3) is 6.08 Å². The van der Waals surface area contributed by atoms with Crippen molar-refractivity contribution in [1.29, 1.82) is 0 Å². The summed E-state index contributed by atoms with van der Waals surface area (Å²) in [5.41, 5.74) is 10.2. The molecule has 0 radical (unpaired) electrons. The SMILES string of the molecule is CC1=Cc2cc(Cl)ccc2C(C2CCN(C(=O)OC(C)(C)C)CC2)C/C1=C\C(Br)=C/N. The summed E-state index contributed by atoms with van der Waals surface area (Å²) in [7, 11) is 0. The molecule has 3 rings (SSSR count). The second kappa shape index (κ2) is 9.83. The Bertz CT molecular complexity index is 922. The number of amides is 1. The monoisotopic (exact) mass is 506 g/mol. The van der Waals surface area contributed by atoms with Gasteiger partial charge in [0, 0.05) is 28.8 Å². The zero-order valence-electron chi connectivity index (χ0n) is 18.8. The Morgan fingerprint density at radius 3 is 2.58 bits per heavy atom. The Morgan fingerprint density at radius 1 is 1.29 bits per heavy atom. The van der Waals surface area contributed by atoms with Crippen molar-refractivity contribution in [2.24, 2.45) is 11.7 Å². The topological polar surface area (TPSA) is 55.6 Å². The summed E-state index contributed by atoms with van der Waals surface area (Å²) in [6, 6.07) is 6.21. The van der Waals surface area contributed by atoms with E-state index in [1.54, 1.807) is 6.20 Å². The van der Waals surface area contributed by atoms with E-state index in [1.165, 1.54) is 22.3 Å². The summed E-state index contributed by atoms with van der Waals surface area (Å²) < 4.78 is 6.44. The van der Waals surface area contributed by atoms with E-state index < -0.39 is 5.60 Å². The van der Waals surface area contributed by atoms with Gasteiger partial charge in [-0.15, -0.1) is 0 Å². The zero-order chi connectivity index (χ0) is 22.8. The zero-order valence-corrected chi connectivity index (χ0v) is 21.1. The minimum absolute atomic E-state index is 0.214. The molecule has 1 saturated heterocycles. The van der Waals surface area contributed by atoms with E-state index in [0.717, 1.165) is 41.9 Å². The van der Waals surface area contributed by atoms with Crippen LogP contribution in [0.4, 0.5) is 4.79 Å². The number of fused-ring (bicyclic) bond motifs is 1. The van der Waals surface area contributed by atoms with Crippen molar-refractivity contribution in [2.45, 2.75) is 58.5 Å². The molecule has 1 atom stereocenters. The van der Waals surface area contributed by atoms with Gasteiger partial charge in [-0.2, -0.15) is 0 Å². The number of hydrogen-bond acceptors (Lipinski definition) is 3. The lowest BCUT2D eigenvalue weighted by atomic mass is 9.76. The van der Waals surface area contributed by atoms with Crippen molar-refractivity contribution in [3.05, 3.63) is 62.3 Å². The van der Waals surface area contributed by atoms with E-state index in [1.807, 2.05) is 31.7 Å². The van der Waals surface area contributed by atoms with Gasteiger partial charge in [0.25, 0.3) is 0 Å². The second-order valence-corrected chi connectivity index (χ2v) is 10.8. The fourth-order valence-corrected chi connectivity index (χ4v) is 4.92. The molecule has 4 nitrogen and oxygen atoms in total. The Morgan fingerprint density at radius 2 is 1.97 bits per heavy atom. The molecule has 1 aliphatic heterocycles. The highest BCUT2D eigenvalue weighted by Crippen LogP contribution is 2.44. The highest BCUT2D eigenvalue weighted by Gasteiger charge is 2.33. The van der Waals surface area contributed by atoms with E-state index in [9.17, 15) is 4.79 Å². The highest BCUT2D eigenvalue weighted by atomic mass is 79.9. The van der Waals surface area contributed by atoms with Gasteiger partial charge in [-0.05, 0) is 115 Å². The van der Waals surface area contributed by atoms with Crippen molar-refractivity contribution < 1.29 is 9.53 Å². The molecule has 6 heteroatoms. The normalized spacial score (nSPS) is 22.1. The van der Waals surface area contributed by atoms with Crippen LogP contribution in [-0.4, -0.2) is 29.7 Å². The van der Waals surface area contributed by atoms with Crippen molar-refractivity contribution in [3.8, 4) is 0 Å². The van der Waals surface area contributed by atoms with E-state index in [2.05, 4.69) is 47.1 Å². The van der Waals surface area contributed by atoms with Crippen molar-refractivity contribution in [1.82, 2.24) is 4.90 Å². The average molecular weight is 508 g/mol. The van der Waals surface area contributed by atoms with Crippen molar-refractivity contribution in [3.63, 3.8) is 0 Å². The van der Waals surface area contributed by atoms with Gasteiger partial charge in [0.05, 0.1) is 0 Å². The first kappa shape index (κ1) is 23.9. The number of hydrogen-bond donors (Lipinski definition) is 1. The lowest BCUT2D eigenvalue weighted by molar-refractivity contribution is 0.0174. The number of benzene rings is 1. The van der Waals surface area contributed by atoms with E-state index >= 15 is 0 Å². The third-order valence-corrected chi connectivity index (χ3v) is 6.73. The van der Waals surface area contributed by atoms with Crippen LogP contribution in [-0.2, 0) is 4.74 Å². The van der Waals surface area contributed by atoms with Crippen LogP contribution in [0.15, 0.2) is 46.1 Å². The lowest BCUT2D eigenvalue weighted by Gasteiger charge is -2.37. The maximum absolute atomic E-state index is 12.5. The Hall–Kier alpha value is -1.72. The maximum atomic E-state index is 12.5. The quantitative estimate of drug-likeness (QED) is 0.469. The van der Waals surface area contributed by atoms with Crippen LogP contribution in [0.3, 0.4) is 0 Å². The first-order valence-corrected chi connectivity index (χ1v) is 12.0. The molecule has 0 aromatic heterocycles. The third-order valence-electron chi connectivity index (χ3n) is 6.00. The molecule has 1 fully saturated rings. The molecule has 0 bridgehead atoms. The number of nitrogens with zero attached hydrogens (tertiary/aromatic N) is 1. The third kappa shape index (κ3) is 6.17. The standard InChI is InChI=1S/C25H32BrClN2O2/c1-16-11-19-13-21(27)5-6-22(19)23(14-18(16)12-20(26)15-28)17-7-9-29(10-8-17)24(30)31-25(2,3)4/h5-6,11-13,15,17,23H,7-10,14,28H2,1-4H3/b18-12+,20-15+. The highest BCUT2D eigenvalue weighted by molar-refractivity contribution is 9.11. The van der Waals surface area contributed by atoms with Crippen molar-refractivity contribution >= 4 is 39.7 Å². The number of nitrogens with two attached hydrogens (primary N) is 1. The van der Waals surface area contributed by atoms with Crippen LogP contribution in [0.1, 0.15) is 64.0 Å². The largest absolute Gasteiger partial charge is 0.444 e. The second-order valence-electron chi connectivity index (χ2n) is 9.44. The Labute approximate surface area is 199 Å². The summed E-state index contributed by atoms with van der Waals surface area (Å²) >= 11 is 9.85. The number of ether oxygens (including phenoxy) is 1. The predicted molar refractivity (Wildman–Crippen MR) is 132 cm³/mol. The number of carbonyl (C=O) groups excluding carboxylic acids is 1. The summed E-state index contributed by atoms with van der Waals surface area (Å²) in [5, 5.41) is 0.747. The van der Waals surface area contributed by atoms with Gasteiger partial charge in [0.2, 0.25) is 0 Å². The van der Waals surface area contributed by atoms with Gasteiger partial charge in [-0.3, -0.25) is 0 Å². The molecule has 1 aromatic rings. The molecule has 2 aliphatic rings. The molecule has 31 heavy (non-hydrogen) atoms. The molecule has 0 spiro atoms. The molecule has 0 saturated carbocycles. The predicted octanol–water partition coefficient (Wildman–Crippen LogP) is 7.00. The Kier molecular flexibility index (Phi) is 7.59. The van der Waals surface area contributed by atoms with Gasteiger partial charge in [-0.25, -0.2) is 4.79 Å². The molecule has 1 amide bonds. The molecule has 1 heterocycles. The molecule has 168 valence electrons. The first-order chi connectivity index (χ1) is 14.6. The number of halogens is 2. The van der Waals surface area contributed by atoms with Crippen LogP contribution in [0.2, 0.25) is 5.02 Å². The Balaban J connectivity index is 1.85. The molecule has 2 N–H and O–H groups in total. The van der Waals surface area contributed by atoms with Gasteiger partial charge < -0.3 is 15.4 Å². The van der Waals surface area contributed by atoms with Gasteiger partial charge >= 0.3 is 6.09 Å². The van der Waals surface area contributed by atoms with Crippen LogP contribution < -0.4 is 5.73 Å². The minimum Gasteiger partial charge on any atom is -0.444 e. The summed E-state index contributed by atoms with van der Waals surface area (Å²) in [4.78, 5) is 14.3. The first-order valence-electron chi connectivity index (χ1n) is 10.8. The number of carbonyl (C=O) groups is 1. The van der Waals surface area contributed by atoms with Crippen LogP contribution in [0.5, 0.6) is 0 Å². The molecular weight excluding hydrogens is 476 g/mol. The minimum atomic E-state index is -0.472. The number of rotatable bonds is 2. The molecular formula is C25H32BrClN2O2. The number of likely N-dealkylation sites (tertiary alicyclic amines) is 1. The van der Waals surface area contributed by atoms with E-state index in [4.69, 9.17) is 22.1 Å². The fourth-order valence-electron chi connectivity index (χ4n) is 4.46. The van der Waals surface area contributed by atoms with Crippen LogP contribution in [0, 0.1) is 5.92 Å². The van der Waals surface area contributed by atoms with Gasteiger partial charge in [-0.1, -0.05) is 23.7 Å². The number of allylic oxidation sites excluding steroid dienone is 4. The lowest BCUT2D eigenvalue weighted by Crippen LogP contribution is -2.42. The maximum Gasteiger partial charge on any atom is 0.410 e. The molecule has 1 aromatic carbocycles. The fraction of sp³-hybridized carbons (Fsp3) is 0.480. The van der Waals surface area contributed by atoms with E-state index in [0.29, 0.717) is 11.8 Å². The van der Waals surface area contributed by atoms with Crippen LogP contribution >= 0.6 is 27.5 Å². The summed E-state index contributed by atoms with van der Waals surface area (Å²) in [6.45, 7) is 9.29. The summed E-state index contributed by atoms with van der Waals surface area (Å²) in [6.07, 6.45) is 8.52. The molecule has 1 unspecified atom stereocenters. The van der Waals surface area contributed by atoms with Gasteiger partial charge in [0.1, 0.15) is 5.60 Å². The smallest absolute Gasteiger partial charge is 0.410 e.